The van der Waals surface area contributed by atoms with Crippen molar-refractivity contribution in [3.63, 3.8) is 0 Å². The van der Waals surface area contributed by atoms with Crippen LogP contribution in [0.5, 0.6) is 5.75 Å². The molecule has 0 aromatic heterocycles. The van der Waals surface area contributed by atoms with Crippen molar-refractivity contribution < 1.29 is 14.2 Å². The van der Waals surface area contributed by atoms with Crippen LogP contribution in [0.2, 0.25) is 0 Å². The first-order valence-electron chi connectivity index (χ1n) is 11.9. The highest BCUT2D eigenvalue weighted by molar-refractivity contribution is 5.86. The zero-order chi connectivity index (χ0) is 24.1. The van der Waals surface area contributed by atoms with Crippen molar-refractivity contribution in [1.82, 2.24) is 4.90 Å². The maximum atomic E-state index is 13.1. The van der Waals surface area contributed by atoms with Gasteiger partial charge in [-0.05, 0) is 78.9 Å². The largest absolute Gasteiger partial charge is 0.491 e. The van der Waals surface area contributed by atoms with Gasteiger partial charge in [-0.1, -0.05) is 24.3 Å². The van der Waals surface area contributed by atoms with Crippen LogP contribution in [0, 0.1) is 19.7 Å². The van der Waals surface area contributed by atoms with E-state index in [1.165, 1.54) is 23.4 Å². The first-order chi connectivity index (χ1) is 16.4. The van der Waals surface area contributed by atoms with E-state index in [0.29, 0.717) is 6.54 Å². The Morgan fingerprint density at radius 2 is 1.41 bits per heavy atom. The Morgan fingerprint density at radius 3 is 2.00 bits per heavy atom. The van der Waals surface area contributed by atoms with Crippen molar-refractivity contribution >= 4 is 48.6 Å². The molecule has 0 bridgehead atoms. The number of anilines is 2. The van der Waals surface area contributed by atoms with Gasteiger partial charge in [0.2, 0.25) is 0 Å². The molecule has 1 atom stereocenters. The number of nitrogens with two attached hydrogens (primary N) is 1. The normalized spacial score (nSPS) is 14.1. The molecule has 3 N–H and O–H groups in total. The van der Waals surface area contributed by atoms with Gasteiger partial charge in [-0.15, -0.1) is 37.2 Å². The number of piperazine rings is 1. The molecular formula is C28H37Cl3FN3O2. The van der Waals surface area contributed by atoms with E-state index in [0.717, 1.165) is 60.7 Å². The minimum absolute atomic E-state index is 0. The van der Waals surface area contributed by atoms with Crippen LogP contribution in [0.25, 0.3) is 0 Å². The number of ether oxygens (including phenoxy) is 1. The van der Waals surface area contributed by atoms with E-state index >= 15 is 0 Å². The molecule has 0 radical (unpaired) electrons. The van der Waals surface area contributed by atoms with E-state index in [9.17, 15) is 9.50 Å². The highest BCUT2D eigenvalue weighted by Gasteiger charge is 2.20. The van der Waals surface area contributed by atoms with Gasteiger partial charge in [0.05, 0.1) is 0 Å². The topological polar surface area (TPSA) is 62.0 Å². The van der Waals surface area contributed by atoms with Gasteiger partial charge >= 0.3 is 0 Å². The standard InChI is InChI=1S/C28H34FN3O2.3ClH/c1-20-21(2)28(12-11-27(20)30)34-19-26(33)18-31-13-15-32(16-14-31)25-9-5-23(6-10-25)17-22-3-7-24(29)8-4-22;;;/h3-12,26,33H,13-19,30H2,1-2H3;3*1H. The predicted octanol–water partition coefficient (Wildman–Crippen LogP) is 5.44. The SMILES string of the molecule is Cc1c(N)ccc(OCC(O)CN2CCN(c3ccc(Cc4ccc(F)cc4)cc3)CC2)c1C.Cl.Cl.Cl. The number of aliphatic hydroxyl groups excluding tert-OH is 1. The monoisotopic (exact) mass is 571 g/mol. The van der Waals surface area contributed by atoms with E-state index in [1.54, 1.807) is 0 Å². The molecule has 9 heteroatoms. The molecule has 1 heterocycles. The Kier molecular flexibility index (Phi) is 13.5. The Morgan fingerprint density at radius 1 is 0.838 bits per heavy atom. The van der Waals surface area contributed by atoms with Crippen molar-refractivity contribution in [2.24, 2.45) is 0 Å². The average Bonchev–Trinajstić information content (AvgIpc) is 2.84. The summed E-state index contributed by atoms with van der Waals surface area (Å²) in [5, 5.41) is 10.5. The fourth-order valence-electron chi connectivity index (χ4n) is 4.36. The fraction of sp³-hybridized carbons (Fsp3) is 0.357. The number of hydrogen-bond donors (Lipinski definition) is 2. The minimum atomic E-state index is -0.547. The van der Waals surface area contributed by atoms with Crippen LogP contribution in [0.15, 0.2) is 60.7 Å². The average molecular weight is 573 g/mol. The lowest BCUT2D eigenvalue weighted by molar-refractivity contribution is 0.0660. The number of β-amino-alcohol motifs (C(OH)–C–C–N with tert-alkyl or cyclic N) is 1. The molecule has 0 aliphatic carbocycles. The zero-order valence-electron chi connectivity index (χ0n) is 21.2. The molecule has 3 aromatic carbocycles. The Balaban J connectivity index is 0.00000228. The van der Waals surface area contributed by atoms with Crippen LogP contribution in [-0.4, -0.2) is 55.4 Å². The molecule has 4 rings (SSSR count). The molecule has 1 unspecified atom stereocenters. The minimum Gasteiger partial charge on any atom is -0.491 e. The third-order valence-corrected chi connectivity index (χ3v) is 6.67. The summed E-state index contributed by atoms with van der Waals surface area (Å²) >= 11 is 0. The molecule has 1 aliphatic heterocycles. The Labute approximate surface area is 238 Å². The number of nitrogen functional groups attached to an aromatic ring is 1. The van der Waals surface area contributed by atoms with Crippen LogP contribution >= 0.6 is 37.2 Å². The van der Waals surface area contributed by atoms with Gasteiger partial charge in [0.25, 0.3) is 0 Å². The van der Waals surface area contributed by atoms with Gasteiger partial charge in [0.15, 0.2) is 0 Å². The second kappa shape index (κ2) is 15.3. The van der Waals surface area contributed by atoms with E-state index in [4.69, 9.17) is 10.5 Å². The molecular weight excluding hydrogens is 536 g/mol. The van der Waals surface area contributed by atoms with Gasteiger partial charge in [-0.2, -0.15) is 0 Å². The molecule has 0 spiro atoms. The lowest BCUT2D eigenvalue weighted by Gasteiger charge is -2.37. The summed E-state index contributed by atoms with van der Waals surface area (Å²) in [7, 11) is 0. The number of benzene rings is 3. The molecule has 1 saturated heterocycles. The molecule has 1 aliphatic rings. The molecule has 0 saturated carbocycles. The van der Waals surface area contributed by atoms with Gasteiger partial charge in [-0.3, -0.25) is 4.90 Å². The van der Waals surface area contributed by atoms with E-state index in [-0.39, 0.29) is 49.6 Å². The highest BCUT2D eigenvalue weighted by atomic mass is 35.5. The second-order valence-corrected chi connectivity index (χ2v) is 9.13. The second-order valence-electron chi connectivity index (χ2n) is 9.13. The van der Waals surface area contributed by atoms with Crippen molar-refractivity contribution in [2.75, 3.05) is 50.0 Å². The van der Waals surface area contributed by atoms with Crippen molar-refractivity contribution in [3.8, 4) is 5.75 Å². The molecule has 204 valence electrons. The Bertz CT molecular complexity index is 1090. The molecule has 37 heavy (non-hydrogen) atoms. The summed E-state index contributed by atoms with van der Waals surface area (Å²) < 4.78 is 19.0. The van der Waals surface area contributed by atoms with Crippen molar-refractivity contribution in [2.45, 2.75) is 26.4 Å². The number of nitrogens with zero attached hydrogens (tertiary/aromatic N) is 2. The van der Waals surface area contributed by atoms with Crippen LogP contribution in [0.1, 0.15) is 22.3 Å². The molecule has 0 amide bonds. The highest BCUT2D eigenvalue weighted by Crippen LogP contribution is 2.26. The summed E-state index contributed by atoms with van der Waals surface area (Å²) in [6.07, 6.45) is 0.249. The number of aliphatic hydroxyl groups is 1. The van der Waals surface area contributed by atoms with Crippen LogP contribution in [-0.2, 0) is 6.42 Å². The molecule has 3 aromatic rings. The quantitative estimate of drug-likeness (QED) is 0.352. The fourth-order valence-corrected chi connectivity index (χ4v) is 4.36. The smallest absolute Gasteiger partial charge is 0.123 e. The van der Waals surface area contributed by atoms with Crippen molar-refractivity contribution in [3.05, 3.63) is 88.7 Å². The van der Waals surface area contributed by atoms with Gasteiger partial charge in [-0.25, -0.2) is 4.39 Å². The van der Waals surface area contributed by atoms with E-state index < -0.39 is 6.10 Å². The van der Waals surface area contributed by atoms with E-state index in [2.05, 4.69) is 34.1 Å². The van der Waals surface area contributed by atoms with Crippen LogP contribution in [0.4, 0.5) is 15.8 Å². The Hall–Kier alpha value is -2.22. The summed E-state index contributed by atoms with van der Waals surface area (Å²) in [5.74, 6) is 0.573. The van der Waals surface area contributed by atoms with Crippen LogP contribution in [0.3, 0.4) is 0 Å². The van der Waals surface area contributed by atoms with Crippen LogP contribution < -0.4 is 15.4 Å². The maximum absolute atomic E-state index is 13.1. The lowest BCUT2D eigenvalue weighted by Crippen LogP contribution is -2.49. The van der Waals surface area contributed by atoms with Gasteiger partial charge in [0, 0.05) is 44.1 Å². The number of rotatable bonds is 8. The van der Waals surface area contributed by atoms with Crippen molar-refractivity contribution in [1.29, 1.82) is 0 Å². The summed E-state index contributed by atoms with van der Waals surface area (Å²) in [6.45, 7) is 8.46. The van der Waals surface area contributed by atoms with E-state index in [1.807, 2.05) is 38.1 Å². The maximum Gasteiger partial charge on any atom is 0.123 e. The summed E-state index contributed by atoms with van der Waals surface area (Å²) in [4.78, 5) is 4.66. The summed E-state index contributed by atoms with van der Waals surface area (Å²) in [5.41, 5.74) is 12.3. The first kappa shape index (κ1) is 32.8. The third kappa shape index (κ3) is 8.94. The third-order valence-electron chi connectivity index (χ3n) is 6.67. The predicted molar refractivity (Wildman–Crippen MR) is 158 cm³/mol. The van der Waals surface area contributed by atoms with Gasteiger partial charge < -0.3 is 20.5 Å². The first-order valence-corrected chi connectivity index (χ1v) is 11.9. The number of halogens is 4. The zero-order valence-corrected chi connectivity index (χ0v) is 23.7. The molecule has 5 nitrogen and oxygen atoms in total. The van der Waals surface area contributed by atoms with Gasteiger partial charge in [0.1, 0.15) is 24.3 Å². The summed E-state index contributed by atoms with van der Waals surface area (Å²) in [6, 6.07) is 19.0. The lowest BCUT2D eigenvalue weighted by atomic mass is 10.0. The number of hydrogen-bond acceptors (Lipinski definition) is 5. The molecule has 1 fully saturated rings.